The fourth-order valence-electron chi connectivity index (χ4n) is 0. The average Bonchev–Trinajstić information content (AvgIpc) is 1.88. The van der Waals surface area contributed by atoms with Gasteiger partial charge in [-0.1, -0.05) is 63.7 Å². The van der Waals surface area contributed by atoms with E-state index in [0.717, 1.165) is 0 Å². The molecule has 0 aliphatic carbocycles. The first kappa shape index (κ1) is 20.0. The van der Waals surface area contributed by atoms with Gasteiger partial charge in [0.05, 0.1) is 0 Å². The Morgan fingerprint density at radius 1 is 0.846 bits per heavy atom. The number of hydrogen-bond donors (Lipinski definition) is 2. The van der Waals surface area contributed by atoms with Gasteiger partial charge in [0.15, 0.2) is 7.47 Å². The van der Waals surface area contributed by atoms with Gasteiger partial charge in [-0.05, 0) is 0 Å². The van der Waals surface area contributed by atoms with Crippen LogP contribution >= 0.6 is 63.7 Å². The number of carboxylic acids is 2. The largest absolute Gasteiger partial charge is 0.480 e. The zero-order valence-electron chi connectivity index (χ0n) is 5.69. The number of alkyl halides is 4. The molecule has 0 amide bonds. The molecular weight excluding hydrogens is 627 g/mol. The predicted molar refractivity (Wildman–Crippen MR) is 58.6 cm³/mol. The fourth-order valence-corrected chi connectivity index (χ4v) is 0. The number of carboxylic acid groups (broad SMARTS) is 2. The van der Waals surface area contributed by atoms with Gasteiger partial charge in [0.25, 0.3) is 0 Å². The Morgan fingerprint density at radius 2 is 0.923 bits per heavy atom. The molecule has 13 heavy (non-hydrogen) atoms. The van der Waals surface area contributed by atoms with Crippen LogP contribution in [0, 0.1) is 0 Å². The second-order valence-electron chi connectivity index (χ2n) is 1.28. The summed E-state index contributed by atoms with van der Waals surface area (Å²) in [5.74, 6) is -1.81. The number of hydrogen-bond acceptors (Lipinski definition) is 2. The van der Waals surface area contributed by atoms with Crippen LogP contribution in [0.25, 0.3) is 0 Å². The SMILES string of the molecule is O=C(O)C(Br)Br.O=C(O)C(Br)Br.[Pt]. The summed E-state index contributed by atoms with van der Waals surface area (Å²) < 4.78 is -1.21. The molecule has 0 fully saturated rings. The molecule has 0 bridgehead atoms. The van der Waals surface area contributed by atoms with E-state index in [9.17, 15) is 9.59 Å². The van der Waals surface area contributed by atoms with Gasteiger partial charge < -0.3 is 10.2 Å². The molecule has 0 aliphatic heterocycles. The van der Waals surface area contributed by atoms with Crippen molar-refractivity contribution >= 4 is 75.7 Å². The third-order valence-electron chi connectivity index (χ3n) is 0.373. The maximum absolute atomic E-state index is 9.61. The Bertz CT molecular complexity index is 144. The number of aliphatic carboxylic acids is 2. The van der Waals surface area contributed by atoms with Gasteiger partial charge in [0.1, 0.15) is 0 Å². The molecule has 0 saturated carbocycles. The molecule has 0 aromatic rings. The quantitative estimate of drug-likeness (QED) is 0.460. The molecule has 4 nitrogen and oxygen atoms in total. The molecule has 0 aliphatic rings. The van der Waals surface area contributed by atoms with Gasteiger partial charge in [-0.15, -0.1) is 0 Å². The normalized spacial score (nSPS) is 8.46. The Morgan fingerprint density at radius 3 is 0.923 bits per heavy atom. The Labute approximate surface area is 123 Å². The van der Waals surface area contributed by atoms with E-state index in [1.54, 1.807) is 0 Å². The molecule has 0 aromatic heterocycles. The topological polar surface area (TPSA) is 74.6 Å². The van der Waals surface area contributed by atoms with Crippen LogP contribution in [0.5, 0.6) is 0 Å². The number of halogens is 4. The standard InChI is InChI=1S/2C2H2Br2O2.Pt/c2*3-1(4)2(5)6;/h2*1H,(H,5,6);. The van der Waals surface area contributed by atoms with Crippen LogP contribution in [0.4, 0.5) is 0 Å². The molecule has 0 unspecified atom stereocenters. The van der Waals surface area contributed by atoms with Crippen LogP contribution in [0.15, 0.2) is 0 Å². The predicted octanol–water partition coefficient (Wildman–Crippen LogP) is 2.37. The summed E-state index contributed by atoms with van der Waals surface area (Å²) in [5, 5.41) is 15.8. The van der Waals surface area contributed by atoms with E-state index in [1.807, 2.05) is 0 Å². The molecule has 0 saturated heterocycles. The van der Waals surface area contributed by atoms with Gasteiger partial charge in [-0.25, -0.2) is 0 Å². The van der Waals surface area contributed by atoms with Gasteiger partial charge in [0, 0.05) is 21.1 Å². The molecule has 0 aromatic carbocycles. The van der Waals surface area contributed by atoms with Crippen LogP contribution in [-0.2, 0) is 30.7 Å². The molecule has 0 spiro atoms. The van der Waals surface area contributed by atoms with Gasteiger partial charge in [-0.2, -0.15) is 0 Å². The number of carbonyl (C=O) groups is 2. The zero-order valence-corrected chi connectivity index (χ0v) is 14.3. The number of rotatable bonds is 2. The van der Waals surface area contributed by atoms with Crippen LogP contribution in [-0.4, -0.2) is 29.6 Å². The molecule has 9 heteroatoms. The summed E-state index contributed by atoms with van der Waals surface area (Å²) in [6.07, 6.45) is 0. The van der Waals surface area contributed by atoms with Crippen LogP contribution in [0.3, 0.4) is 0 Å². The van der Waals surface area contributed by atoms with Crippen molar-refractivity contribution in [3.05, 3.63) is 0 Å². The second-order valence-corrected chi connectivity index (χ2v) is 7.40. The van der Waals surface area contributed by atoms with E-state index in [2.05, 4.69) is 63.7 Å². The average molecular weight is 631 g/mol. The minimum Gasteiger partial charge on any atom is -0.480 e. The van der Waals surface area contributed by atoms with Crippen molar-refractivity contribution in [2.45, 2.75) is 7.47 Å². The van der Waals surface area contributed by atoms with Crippen molar-refractivity contribution in [2.75, 3.05) is 0 Å². The molecule has 2 N–H and O–H groups in total. The van der Waals surface area contributed by atoms with E-state index in [-0.39, 0.29) is 21.1 Å². The monoisotopic (exact) mass is 627 g/mol. The summed E-state index contributed by atoms with van der Waals surface area (Å²) in [7, 11) is 0. The summed E-state index contributed by atoms with van der Waals surface area (Å²) in [6.45, 7) is 0. The zero-order chi connectivity index (χ0) is 10.3. The maximum Gasteiger partial charge on any atom is 0.328 e. The van der Waals surface area contributed by atoms with E-state index >= 15 is 0 Å². The first-order valence-electron chi connectivity index (χ1n) is 2.31. The molecular formula is C4H4Br4O4Pt. The van der Waals surface area contributed by atoms with Crippen LogP contribution in [0.2, 0.25) is 0 Å². The van der Waals surface area contributed by atoms with Crippen molar-refractivity contribution in [3.63, 3.8) is 0 Å². The van der Waals surface area contributed by atoms with E-state index in [4.69, 9.17) is 10.2 Å². The van der Waals surface area contributed by atoms with E-state index < -0.39 is 19.4 Å². The summed E-state index contributed by atoms with van der Waals surface area (Å²) in [6, 6.07) is 0. The van der Waals surface area contributed by atoms with Crippen molar-refractivity contribution < 1.29 is 40.9 Å². The van der Waals surface area contributed by atoms with Gasteiger partial charge in [-0.3, -0.25) is 9.59 Å². The Balaban J connectivity index is -0.000000143. The maximum atomic E-state index is 9.61. The van der Waals surface area contributed by atoms with E-state index in [0.29, 0.717) is 0 Å². The summed E-state index contributed by atoms with van der Waals surface area (Å²) in [5.41, 5.74) is 0. The molecule has 0 radical (unpaired) electrons. The summed E-state index contributed by atoms with van der Waals surface area (Å²) in [4.78, 5) is 19.2. The van der Waals surface area contributed by atoms with Crippen molar-refractivity contribution in [1.82, 2.24) is 0 Å². The van der Waals surface area contributed by atoms with Crippen molar-refractivity contribution in [3.8, 4) is 0 Å². The van der Waals surface area contributed by atoms with Gasteiger partial charge in [0.2, 0.25) is 0 Å². The van der Waals surface area contributed by atoms with Crippen LogP contribution < -0.4 is 0 Å². The minimum absolute atomic E-state index is 0. The minimum atomic E-state index is -0.907. The third-order valence-corrected chi connectivity index (χ3v) is 1.94. The van der Waals surface area contributed by atoms with Crippen LogP contribution in [0.1, 0.15) is 0 Å². The Kier molecular flexibility index (Phi) is 17.9. The fraction of sp³-hybridized carbons (Fsp3) is 0.500. The molecule has 0 atom stereocenters. The first-order valence-corrected chi connectivity index (χ1v) is 5.97. The third kappa shape index (κ3) is 19.8. The van der Waals surface area contributed by atoms with Crippen molar-refractivity contribution in [2.24, 2.45) is 0 Å². The smallest absolute Gasteiger partial charge is 0.328 e. The molecule has 82 valence electrons. The molecule has 0 rings (SSSR count). The first-order chi connectivity index (χ1) is 5.29. The second kappa shape index (κ2) is 11.6. The van der Waals surface area contributed by atoms with Gasteiger partial charge >= 0.3 is 11.9 Å². The molecule has 0 heterocycles. The van der Waals surface area contributed by atoms with E-state index in [1.165, 1.54) is 0 Å². The summed E-state index contributed by atoms with van der Waals surface area (Å²) >= 11 is 11.0. The Hall–Kier alpha value is 1.55. The van der Waals surface area contributed by atoms with Crippen molar-refractivity contribution in [1.29, 1.82) is 0 Å².